The third kappa shape index (κ3) is 2.09. The standard InChI is InChI=1S/C12H8N4O2S/c13-5-9-11(7-3-1-2-4-8(7)18-9)17-6-10-15-16-12(14)19-10/h1-4H,6H2,(H2,14,16). The van der Waals surface area contributed by atoms with Crippen LogP contribution in [0.2, 0.25) is 0 Å². The monoisotopic (exact) mass is 272 g/mol. The molecule has 94 valence electrons. The highest BCUT2D eigenvalue weighted by Gasteiger charge is 2.15. The molecule has 2 heterocycles. The second kappa shape index (κ2) is 4.59. The average molecular weight is 272 g/mol. The van der Waals surface area contributed by atoms with Gasteiger partial charge in [0, 0.05) is 0 Å². The van der Waals surface area contributed by atoms with Crippen molar-refractivity contribution in [3.8, 4) is 11.8 Å². The van der Waals surface area contributed by atoms with Crippen molar-refractivity contribution in [1.29, 1.82) is 5.26 Å². The molecular formula is C12H8N4O2S. The lowest BCUT2D eigenvalue weighted by atomic mass is 10.2. The maximum absolute atomic E-state index is 9.05. The molecule has 1 aromatic carbocycles. The van der Waals surface area contributed by atoms with E-state index in [0.717, 1.165) is 5.39 Å². The van der Waals surface area contributed by atoms with E-state index >= 15 is 0 Å². The molecule has 0 radical (unpaired) electrons. The summed E-state index contributed by atoms with van der Waals surface area (Å²) in [6.07, 6.45) is 0. The van der Waals surface area contributed by atoms with Crippen LogP contribution in [0.3, 0.4) is 0 Å². The van der Waals surface area contributed by atoms with Crippen LogP contribution in [0.1, 0.15) is 10.8 Å². The van der Waals surface area contributed by atoms with Crippen molar-refractivity contribution >= 4 is 27.4 Å². The molecule has 2 N–H and O–H groups in total. The minimum atomic E-state index is 0.152. The van der Waals surface area contributed by atoms with Crippen LogP contribution in [-0.4, -0.2) is 10.2 Å². The van der Waals surface area contributed by atoms with E-state index in [1.54, 1.807) is 6.07 Å². The molecule has 0 amide bonds. The summed E-state index contributed by atoms with van der Waals surface area (Å²) in [5, 5.41) is 18.4. The molecule has 0 saturated heterocycles. The van der Waals surface area contributed by atoms with Gasteiger partial charge in [-0.15, -0.1) is 10.2 Å². The van der Waals surface area contributed by atoms with E-state index in [4.69, 9.17) is 20.1 Å². The number of anilines is 1. The first kappa shape index (κ1) is 11.5. The predicted molar refractivity (Wildman–Crippen MR) is 69.6 cm³/mol. The lowest BCUT2D eigenvalue weighted by Gasteiger charge is -2.00. The highest BCUT2D eigenvalue weighted by Crippen LogP contribution is 2.33. The van der Waals surface area contributed by atoms with Gasteiger partial charge >= 0.3 is 0 Å². The molecule has 2 aromatic heterocycles. The van der Waals surface area contributed by atoms with E-state index in [-0.39, 0.29) is 12.4 Å². The Hall–Kier alpha value is -2.59. The summed E-state index contributed by atoms with van der Waals surface area (Å²) in [7, 11) is 0. The van der Waals surface area contributed by atoms with Gasteiger partial charge in [0.15, 0.2) is 10.8 Å². The fourth-order valence-electron chi connectivity index (χ4n) is 1.70. The van der Waals surface area contributed by atoms with E-state index in [9.17, 15) is 0 Å². The zero-order valence-electron chi connectivity index (χ0n) is 9.66. The summed E-state index contributed by atoms with van der Waals surface area (Å²) in [4.78, 5) is 0. The van der Waals surface area contributed by atoms with Crippen molar-refractivity contribution in [2.24, 2.45) is 0 Å². The van der Waals surface area contributed by atoms with Gasteiger partial charge in [0.25, 0.3) is 0 Å². The van der Waals surface area contributed by atoms with E-state index in [2.05, 4.69) is 10.2 Å². The van der Waals surface area contributed by atoms with Gasteiger partial charge in [-0.3, -0.25) is 0 Å². The van der Waals surface area contributed by atoms with E-state index in [1.807, 2.05) is 24.3 Å². The fraction of sp³-hybridized carbons (Fsp3) is 0.0833. The third-order valence-electron chi connectivity index (χ3n) is 2.47. The van der Waals surface area contributed by atoms with Crippen molar-refractivity contribution in [3.63, 3.8) is 0 Å². The van der Waals surface area contributed by atoms with Crippen LogP contribution >= 0.6 is 11.3 Å². The zero-order valence-corrected chi connectivity index (χ0v) is 10.5. The van der Waals surface area contributed by atoms with Gasteiger partial charge in [-0.2, -0.15) is 5.26 Å². The van der Waals surface area contributed by atoms with Crippen molar-refractivity contribution in [3.05, 3.63) is 35.0 Å². The van der Waals surface area contributed by atoms with Crippen LogP contribution in [0, 0.1) is 11.3 Å². The van der Waals surface area contributed by atoms with Crippen molar-refractivity contribution in [2.75, 3.05) is 5.73 Å². The van der Waals surface area contributed by atoms with Gasteiger partial charge in [-0.1, -0.05) is 23.5 Å². The number of nitriles is 1. The molecule has 0 aliphatic heterocycles. The number of rotatable bonds is 3. The number of para-hydroxylation sites is 1. The van der Waals surface area contributed by atoms with Gasteiger partial charge in [-0.05, 0) is 12.1 Å². The van der Waals surface area contributed by atoms with Gasteiger partial charge < -0.3 is 14.9 Å². The number of aromatic nitrogens is 2. The Morgan fingerprint density at radius 2 is 2.21 bits per heavy atom. The van der Waals surface area contributed by atoms with Gasteiger partial charge in [0.05, 0.1) is 5.39 Å². The third-order valence-corrected chi connectivity index (χ3v) is 3.20. The number of fused-ring (bicyclic) bond motifs is 1. The Bertz CT molecular complexity index is 771. The Morgan fingerprint density at radius 3 is 2.95 bits per heavy atom. The molecule has 19 heavy (non-hydrogen) atoms. The minimum Gasteiger partial charge on any atom is -0.481 e. The maximum atomic E-state index is 9.05. The van der Waals surface area contributed by atoms with Crippen LogP contribution in [0.25, 0.3) is 11.0 Å². The highest BCUT2D eigenvalue weighted by molar-refractivity contribution is 7.15. The summed E-state index contributed by atoms with van der Waals surface area (Å²) in [6.45, 7) is 0.201. The lowest BCUT2D eigenvalue weighted by Crippen LogP contribution is -1.95. The molecule has 0 aliphatic rings. The summed E-state index contributed by atoms with van der Waals surface area (Å²) >= 11 is 1.25. The molecular weight excluding hydrogens is 264 g/mol. The van der Waals surface area contributed by atoms with Gasteiger partial charge in [0.1, 0.15) is 18.3 Å². The SMILES string of the molecule is N#Cc1oc2ccccc2c1OCc1nnc(N)s1. The fourth-order valence-corrected chi connectivity index (χ4v) is 2.22. The molecule has 0 saturated carbocycles. The Balaban J connectivity index is 1.93. The number of hydrogen-bond donors (Lipinski definition) is 1. The zero-order chi connectivity index (χ0) is 13.2. The summed E-state index contributed by atoms with van der Waals surface area (Å²) in [5.41, 5.74) is 6.11. The number of nitrogens with zero attached hydrogens (tertiary/aromatic N) is 3. The maximum Gasteiger partial charge on any atom is 0.246 e. The Kier molecular flexibility index (Phi) is 2.78. The summed E-state index contributed by atoms with van der Waals surface area (Å²) in [5.74, 6) is 0.575. The Morgan fingerprint density at radius 1 is 1.37 bits per heavy atom. The van der Waals surface area contributed by atoms with Crippen LogP contribution < -0.4 is 10.5 Å². The molecule has 0 atom stereocenters. The largest absolute Gasteiger partial charge is 0.481 e. The first-order valence-corrected chi connectivity index (χ1v) is 6.22. The van der Waals surface area contributed by atoms with Crippen molar-refractivity contribution in [2.45, 2.75) is 6.61 Å². The van der Waals surface area contributed by atoms with E-state index in [0.29, 0.717) is 21.5 Å². The molecule has 0 spiro atoms. The quantitative estimate of drug-likeness (QED) is 0.785. The number of furan rings is 1. The second-order valence-electron chi connectivity index (χ2n) is 3.69. The molecule has 3 aromatic rings. The van der Waals surface area contributed by atoms with E-state index < -0.39 is 0 Å². The molecule has 0 bridgehead atoms. The molecule has 0 unspecified atom stereocenters. The number of nitrogens with two attached hydrogens (primary N) is 1. The molecule has 6 nitrogen and oxygen atoms in total. The predicted octanol–water partition coefficient (Wildman–Crippen LogP) is 2.32. The number of nitrogen functional groups attached to an aromatic ring is 1. The Labute approximate surface area is 112 Å². The first-order valence-electron chi connectivity index (χ1n) is 5.40. The van der Waals surface area contributed by atoms with Crippen LogP contribution in [0.5, 0.6) is 5.75 Å². The van der Waals surface area contributed by atoms with Gasteiger partial charge in [0.2, 0.25) is 10.9 Å². The molecule has 3 rings (SSSR count). The number of benzene rings is 1. The van der Waals surface area contributed by atoms with Crippen LogP contribution in [0.4, 0.5) is 5.13 Å². The molecule has 7 heteroatoms. The minimum absolute atomic E-state index is 0.152. The van der Waals surface area contributed by atoms with Crippen LogP contribution in [-0.2, 0) is 6.61 Å². The van der Waals surface area contributed by atoms with Crippen molar-refractivity contribution in [1.82, 2.24) is 10.2 Å². The van der Waals surface area contributed by atoms with Crippen molar-refractivity contribution < 1.29 is 9.15 Å². The normalized spacial score (nSPS) is 10.5. The highest BCUT2D eigenvalue weighted by atomic mass is 32.1. The number of hydrogen-bond acceptors (Lipinski definition) is 7. The average Bonchev–Trinajstić information content (AvgIpc) is 2.99. The summed E-state index contributed by atoms with van der Waals surface area (Å²) in [6, 6.07) is 9.29. The second-order valence-corrected chi connectivity index (χ2v) is 4.78. The number of ether oxygens (including phenoxy) is 1. The first-order chi connectivity index (χ1) is 9.28. The van der Waals surface area contributed by atoms with Gasteiger partial charge in [-0.25, -0.2) is 0 Å². The van der Waals surface area contributed by atoms with Crippen LogP contribution in [0.15, 0.2) is 28.7 Å². The smallest absolute Gasteiger partial charge is 0.246 e. The lowest BCUT2D eigenvalue weighted by molar-refractivity contribution is 0.302. The topological polar surface area (TPSA) is 98.0 Å². The van der Waals surface area contributed by atoms with E-state index in [1.165, 1.54) is 11.3 Å². The molecule has 0 aliphatic carbocycles. The molecule has 0 fully saturated rings. The summed E-state index contributed by atoms with van der Waals surface area (Å²) < 4.78 is 11.0.